The van der Waals surface area contributed by atoms with E-state index >= 15 is 0 Å². The lowest BCUT2D eigenvalue weighted by atomic mass is 10.2. The number of halogens is 3. The fourth-order valence-electron chi connectivity index (χ4n) is 0.677. The Bertz CT molecular complexity index is 242. The summed E-state index contributed by atoms with van der Waals surface area (Å²) in [6, 6.07) is 1.13. The first-order valence-electron chi connectivity index (χ1n) is 2.81. The molecule has 0 radical (unpaired) electrons. The predicted molar refractivity (Wildman–Crippen MR) is 33.6 cm³/mol. The summed E-state index contributed by atoms with van der Waals surface area (Å²) in [7, 11) is 0. The first-order chi connectivity index (χ1) is 5.13. The Balaban J connectivity index is 3.21. The second-order valence-corrected chi connectivity index (χ2v) is 1.91. The van der Waals surface area contributed by atoms with Crippen molar-refractivity contribution in [3.63, 3.8) is 0 Å². The quantitative estimate of drug-likeness (QED) is 0.639. The lowest BCUT2D eigenvalue weighted by Gasteiger charge is -2.02. The van der Waals surface area contributed by atoms with Crippen LogP contribution < -0.4 is 5.73 Å². The minimum absolute atomic E-state index is 0.271. The van der Waals surface area contributed by atoms with Gasteiger partial charge in [0, 0.05) is 11.9 Å². The van der Waals surface area contributed by atoms with Gasteiger partial charge in [-0.3, -0.25) is 0 Å². The third kappa shape index (κ3) is 1.42. The minimum Gasteiger partial charge on any atom is -0.398 e. The van der Waals surface area contributed by atoms with Crippen LogP contribution in [0.3, 0.4) is 0 Å². The SMILES string of the molecule is Nc1ccnc(F)c1C(F)F. The molecule has 0 aliphatic rings. The number of pyridine rings is 1. The van der Waals surface area contributed by atoms with Gasteiger partial charge in [-0.1, -0.05) is 0 Å². The highest BCUT2D eigenvalue weighted by Gasteiger charge is 2.16. The van der Waals surface area contributed by atoms with Crippen molar-refractivity contribution in [3.05, 3.63) is 23.8 Å². The maximum Gasteiger partial charge on any atom is 0.270 e. The predicted octanol–water partition coefficient (Wildman–Crippen LogP) is 1.74. The van der Waals surface area contributed by atoms with Gasteiger partial charge in [-0.25, -0.2) is 13.8 Å². The van der Waals surface area contributed by atoms with Crippen LogP contribution in [-0.2, 0) is 0 Å². The fourth-order valence-corrected chi connectivity index (χ4v) is 0.677. The summed E-state index contributed by atoms with van der Waals surface area (Å²) >= 11 is 0. The van der Waals surface area contributed by atoms with Crippen molar-refractivity contribution in [1.29, 1.82) is 0 Å². The molecule has 0 aromatic carbocycles. The Kier molecular flexibility index (Phi) is 1.98. The van der Waals surface area contributed by atoms with E-state index in [0.717, 1.165) is 12.3 Å². The van der Waals surface area contributed by atoms with Crippen molar-refractivity contribution in [2.75, 3.05) is 5.73 Å². The molecule has 0 fully saturated rings. The van der Waals surface area contributed by atoms with Gasteiger partial charge in [-0.05, 0) is 6.07 Å². The molecule has 5 heteroatoms. The lowest BCUT2D eigenvalue weighted by Crippen LogP contribution is -2.00. The van der Waals surface area contributed by atoms with Crippen molar-refractivity contribution in [1.82, 2.24) is 4.98 Å². The molecule has 0 saturated heterocycles. The van der Waals surface area contributed by atoms with Crippen molar-refractivity contribution in [2.45, 2.75) is 6.43 Å². The third-order valence-corrected chi connectivity index (χ3v) is 1.19. The molecule has 1 aromatic heterocycles. The van der Waals surface area contributed by atoms with Gasteiger partial charge in [0.05, 0.1) is 5.56 Å². The molecule has 0 saturated carbocycles. The van der Waals surface area contributed by atoms with E-state index in [2.05, 4.69) is 4.98 Å². The highest BCUT2D eigenvalue weighted by Crippen LogP contribution is 2.25. The molecule has 1 rings (SSSR count). The molecule has 0 amide bonds. The van der Waals surface area contributed by atoms with Gasteiger partial charge in [0.15, 0.2) is 0 Å². The monoisotopic (exact) mass is 162 g/mol. The van der Waals surface area contributed by atoms with E-state index in [1.807, 2.05) is 0 Å². The van der Waals surface area contributed by atoms with Crippen LogP contribution in [0.5, 0.6) is 0 Å². The number of nitrogen functional groups attached to an aromatic ring is 1. The highest BCUT2D eigenvalue weighted by atomic mass is 19.3. The molecule has 0 bridgehead atoms. The number of anilines is 1. The largest absolute Gasteiger partial charge is 0.398 e. The summed E-state index contributed by atoms with van der Waals surface area (Å²) in [6.07, 6.45) is -1.88. The molecule has 1 aromatic rings. The van der Waals surface area contributed by atoms with Crippen LogP contribution in [0.15, 0.2) is 12.3 Å². The summed E-state index contributed by atoms with van der Waals surface area (Å²) in [4.78, 5) is 3.03. The van der Waals surface area contributed by atoms with E-state index in [0.29, 0.717) is 0 Å². The number of hydrogen-bond acceptors (Lipinski definition) is 2. The number of hydrogen-bond donors (Lipinski definition) is 1. The Hall–Kier alpha value is -1.26. The summed E-state index contributed by atoms with van der Waals surface area (Å²) < 4.78 is 36.3. The van der Waals surface area contributed by atoms with Gasteiger partial charge in [-0.2, -0.15) is 4.39 Å². The van der Waals surface area contributed by atoms with E-state index in [9.17, 15) is 13.2 Å². The lowest BCUT2D eigenvalue weighted by molar-refractivity contribution is 0.146. The molecule has 0 spiro atoms. The minimum atomic E-state index is -2.91. The van der Waals surface area contributed by atoms with Gasteiger partial charge in [0.2, 0.25) is 5.95 Å². The van der Waals surface area contributed by atoms with Crippen LogP contribution in [-0.4, -0.2) is 4.98 Å². The van der Waals surface area contributed by atoms with Crippen LogP contribution in [0.2, 0.25) is 0 Å². The number of aromatic nitrogens is 1. The van der Waals surface area contributed by atoms with E-state index in [-0.39, 0.29) is 5.69 Å². The first kappa shape index (κ1) is 7.84. The summed E-state index contributed by atoms with van der Waals surface area (Å²) in [6.45, 7) is 0. The van der Waals surface area contributed by atoms with Gasteiger partial charge in [0.25, 0.3) is 6.43 Å². The molecule has 11 heavy (non-hydrogen) atoms. The van der Waals surface area contributed by atoms with Crippen molar-refractivity contribution in [2.24, 2.45) is 0 Å². The average Bonchev–Trinajstić information content (AvgIpc) is 1.85. The van der Waals surface area contributed by atoms with E-state index < -0.39 is 17.9 Å². The standard InChI is InChI=1S/C6H5F3N2/c7-5(8)4-3(10)1-2-11-6(4)9/h1-2,5H,(H2,10,11). The zero-order valence-corrected chi connectivity index (χ0v) is 5.39. The highest BCUT2D eigenvalue weighted by molar-refractivity contribution is 5.45. The maximum absolute atomic E-state index is 12.4. The second-order valence-electron chi connectivity index (χ2n) is 1.91. The van der Waals surface area contributed by atoms with Gasteiger partial charge in [0.1, 0.15) is 0 Å². The van der Waals surface area contributed by atoms with Crippen LogP contribution >= 0.6 is 0 Å². The number of rotatable bonds is 1. The molecule has 2 nitrogen and oxygen atoms in total. The van der Waals surface area contributed by atoms with Gasteiger partial charge in [-0.15, -0.1) is 0 Å². The molecular weight excluding hydrogens is 157 g/mol. The summed E-state index contributed by atoms with van der Waals surface area (Å²) in [5.41, 5.74) is 3.97. The zero-order valence-electron chi connectivity index (χ0n) is 5.39. The Morgan fingerprint density at radius 2 is 2.09 bits per heavy atom. The zero-order chi connectivity index (χ0) is 8.43. The van der Waals surface area contributed by atoms with E-state index in [1.165, 1.54) is 0 Å². The van der Waals surface area contributed by atoms with Crippen molar-refractivity contribution < 1.29 is 13.2 Å². The van der Waals surface area contributed by atoms with Crippen LogP contribution in [0, 0.1) is 5.95 Å². The number of nitrogens with two attached hydrogens (primary N) is 1. The number of nitrogens with zero attached hydrogens (tertiary/aromatic N) is 1. The summed E-state index contributed by atoms with van der Waals surface area (Å²) in [5.74, 6) is -1.21. The molecule has 0 atom stereocenters. The molecule has 0 unspecified atom stereocenters. The molecule has 60 valence electrons. The number of alkyl halides is 2. The smallest absolute Gasteiger partial charge is 0.270 e. The average molecular weight is 162 g/mol. The third-order valence-electron chi connectivity index (χ3n) is 1.19. The normalized spacial score (nSPS) is 10.5. The molecular formula is C6H5F3N2. The van der Waals surface area contributed by atoms with Crippen LogP contribution in [0.25, 0.3) is 0 Å². The summed E-state index contributed by atoms with van der Waals surface area (Å²) in [5, 5.41) is 0. The van der Waals surface area contributed by atoms with Crippen molar-refractivity contribution in [3.8, 4) is 0 Å². The van der Waals surface area contributed by atoms with E-state index in [1.54, 1.807) is 0 Å². The van der Waals surface area contributed by atoms with Gasteiger partial charge < -0.3 is 5.73 Å². The Labute approximate surface area is 60.9 Å². The van der Waals surface area contributed by atoms with Crippen molar-refractivity contribution >= 4 is 5.69 Å². The second kappa shape index (κ2) is 2.77. The van der Waals surface area contributed by atoms with Gasteiger partial charge >= 0.3 is 0 Å². The van der Waals surface area contributed by atoms with Crippen LogP contribution in [0.4, 0.5) is 18.9 Å². The topological polar surface area (TPSA) is 38.9 Å². The Morgan fingerprint density at radius 3 is 2.45 bits per heavy atom. The van der Waals surface area contributed by atoms with Crippen LogP contribution in [0.1, 0.15) is 12.0 Å². The molecule has 2 N–H and O–H groups in total. The fraction of sp³-hybridized carbons (Fsp3) is 0.167. The van der Waals surface area contributed by atoms with E-state index in [4.69, 9.17) is 5.73 Å². The maximum atomic E-state index is 12.4. The first-order valence-corrected chi connectivity index (χ1v) is 2.81. The Morgan fingerprint density at radius 1 is 1.45 bits per heavy atom. The molecule has 1 heterocycles. The molecule has 0 aliphatic carbocycles. The molecule has 0 aliphatic heterocycles.